The van der Waals surface area contributed by atoms with Crippen LogP contribution in [-0.4, -0.2) is 20.2 Å². The number of primary amides is 1. The Morgan fingerprint density at radius 2 is 2.50 bits per heavy atom. The first kappa shape index (κ1) is 6.29. The second kappa shape index (κ2) is 3.48. The SMILES string of the molecule is NC(=O)[CH2][AlH][Cl]. The van der Waals surface area contributed by atoms with Crippen molar-refractivity contribution in [3.8, 4) is 0 Å². The Labute approximate surface area is 46.6 Å². The van der Waals surface area contributed by atoms with Crippen LogP contribution in [0.4, 0.5) is 0 Å². The first-order valence-electron chi connectivity index (χ1n) is 1.61. The number of halogens is 1. The van der Waals surface area contributed by atoms with Gasteiger partial charge in [0.1, 0.15) is 0 Å². The van der Waals surface area contributed by atoms with Gasteiger partial charge in [-0.3, -0.25) is 14.8 Å². The molecule has 0 radical (unpaired) electrons. The van der Waals surface area contributed by atoms with Gasteiger partial charge >= 0.3 is 14.3 Å². The average Bonchev–Trinajstić information content (AvgIpc) is 1.35. The van der Waals surface area contributed by atoms with Crippen LogP contribution in [0.15, 0.2) is 0 Å². The normalized spacial score (nSPS) is 7.50. The Morgan fingerprint density at radius 1 is 2.00 bits per heavy atom. The van der Waals surface area contributed by atoms with E-state index in [2.05, 4.69) is 0 Å². The number of carbonyl (C=O) groups is 1. The average molecular weight is 122 g/mol. The monoisotopic (exact) mass is 121 g/mol. The van der Waals surface area contributed by atoms with E-state index in [1.54, 1.807) is 0 Å². The van der Waals surface area contributed by atoms with Crippen LogP contribution in [0.5, 0.6) is 0 Å². The summed E-state index contributed by atoms with van der Waals surface area (Å²) < 4.78 is 0. The highest BCUT2D eigenvalue weighted by atomic mass is 35.6. The predicted molar refractivity (Wildman–Crippen MR) is 27.0 cm³/mol. The zero-order valence-electron chi connectivity index (χ0n) is 3.28. The van der Waals surface area contributed by atoms with Gasteiger partial charge in [0.05, 0.1) is 0 Å². The second-order valence-electron chi connectivity index (χ2n) is 0.905. The quantitative estimate of drug-likeness (QED) is 0.491. The van der Waals surface area contributed by atoms with E-state index in [1.165, 1.54) is 0 Å². The van der Waals surface area contributed by atoms with E-state index < -0.39 is 14.3 Å². The topological polar surface area (TPSA) is 43.1 Å². The van der Waals surface area contributed by atoms with E-state index >= 15 is 0 Å². The molecule has 2 N–H and O–H groups in total. The second-order valence-corrected chi connectivity index (χ2v) is 2.92. The molecule has 0 spiro atoms. The van der Waals surface area contributed by atoms with Crippen LogP contribution in [0.3, 0.4) is 0 Å². The van der Waals surface area contributed by atoms with Crippen molar-refractivity contribution in [2.24, 2.45) is 5.73 Å². The summed E-state index contributed by atoms with van der Waals surface area (Å²) >= 11 is -0.636. The molecule has 0 aliphatic carbocycles. The molecule has 0 aromatic carbocycles. The highest BCUT2D eigenvalue weighted by molar-refractivity contribution is 6.95. The van der Waals surface area contributed by atoms with Gasteiger partial charge in [-0.05, 0) is 5.28 Å². The molecular formula is C2H5AlClNO. The zero-order valence-corrected chi connectivity index (χ0v) is 5.45. The first-order valence-corrected chi connectivity index (χ1v) is 4.75. The molecule has 34 valence electrons. The third-order valence-electron chi connectivity index (χ3n) is 0.341. The van der Waals surface area contributed by atoms with Crippen LogP contribution in [0.1, 0.15) is 0 Å². The number of rotatable bonds is 2. The predicted octanol–water partition coefficient (Wildman–Crippen LogP) is -0.520. The Hall–Kier alpha value is 0.292. The summed E-state index contributed by atoms with van der Waals surface area (Å²) in [6.45, 7) is 0. The van der Waals surface area contributed by atoms with Gasteiger partial charge in [0.25, 0.3) is 0 Å². The molecule has 0 aliphatic heterocycles. The largest absolute Gasteiger partial charge is 0.386 e. The summed E-state index contributed by atoms with van der Waals surface area (Å²) in [6.07, 6.45) is 0. The minimum atomic E-state index is -0.636. The fourth-order valence-corrected chi connectivity index (χ4v) is 0.838. The smallest absolute Gasteiger partial charge is 0.371 e. The van der Waals surface area contributed by atoms with Gasteiger partial charge in [-0.2, -0.15) is 0 Å². The zero-order chi connectivity index (χ0) is 4.99. The number of hydrogen-bond acceptors (Lipinski definition) is 1. The molecule has 6 heavy (non-hydrogen) atoms. The summed E-state index contributed by atoms with van der Waals surface area (Å²) in [5, 5.41) is 0.418. The standard InChI is InChI=1S/C2H4NO.Al.ClH.H/c1-2(3)4;;;/h1H2,(H2,3,4);;1H;/q;+1;;/p-1. The lowest BCUT2D eigenvalue weighted by molar-refractivity contribution is -0.115. The van der Waals surface area contributed by atoms with Crippen molar-refractivity contribution in [1.29, 1.82) is 0 Å². The van der Waals surface area contributed by atoms with Gasteiger partial charge in [-0.15, -0.1) is 0 Å². The van der Waals surface area contributed by atoms with E-state index in [9.17, 15) is 4.79 Å². The first-order chi connectivity index (χ1) is 2.77. The van der Waals surface area contributed by atoms with Crippen LogP contribution >= 0.6 is 10.0 Å². The Morgan fingerprint density at radius 3 is 2.50 bits per heavy atom. The van der Waals surface area contributed by atoms with E-state index in [-0.39, 0.29) is 5.91 Å². The Bertz CT molecular complexity index is 57.5. The van der Waals surface area contributed by atoms with Crippen LogP contribution in [0.2, 0.25) is 5.28 Å². The molecule has 0 saturated carbocycles. The summed E-state index contributed by atoms with van der Waals surface area (Å²) in [7, 11) is 5.23. The molecule has 0 aliphatic rings. The van der Waals surface area contributed by atoms with Gasteiger partial charge in [0.2, 0.25) is 5.91 Å². The minimum absolute atomic E-state index is 0.281. The molecule has 0 unspecified atom stereocenters. The summed E-state index contributed by atoms with van der Waals surface area (Å²) in [5.41, 5.74) is 4.71. The highest BCUT2D eigenvalue weighted by Crippen LogP contribution is 1.76. The molecule has 2 nitrogen and oxygen atoms in total. The summed E-state index contributed by atoms with van der Waals surface area (Å²) in [4.78, 5) is 9.77. The Balaban J connectivity index is 2.83. The van der Waals surface area contributed by atoms with Crippen molar-refractivity contribution in [3.05, 3.63) is 0 Å². The van der Waals surface area contributed by atoms with E-state index in [0.29, 0.717) is 5.28 Å². The maximum Gasteiger partial charge on any atom is 0.386 e. The summed E-state index contributed by atoms with van der Waals surface area (Å²) in [5.74, 6) is -0.281. The molecule has 0 bridgehead atoms. The fraction of sp³-hybridized carbons (Fsp3) is 0.500. The molecule has 0 fully saturated rings. The highest BCUT2D eigenvalue weighted by Gasteiger charge is 1.91. The van der Waals surface area contributed by atoms with Crippen molar-refractivity contribution in [2.75, 3.05) is 0 Å². The fourth-order valence-electron chi connectivity index (χ4n) is 0.0931. The third kappa shape index (κ3) is 4.29. The van der Waals surface area contributed by atoms with Crippen molar-refractivity contribution in [3.63, 3.8) is 0 Å². The van der Waals surface area contributed by atoms with Crippen LogP contribution in [0.25, 0.3) is 0 Å². The molecular weight excluding hydrogens is 116 g/mol. The summed E-state index contributed by atoms with van der Waals surface area (Å²) in [6, 6.07) is 0. The molecule has 0 heterocycles. The molecule has 1 amide bonds. The number of amides is 1. The minimum Gasteiger partial charge on any atom is -0.371 e. The van der Waals surface area contributed by atoms with Gasteiger partial charge in [-0.1, -0.05) is 0 Å². The Kier molecular flexibility index (Phi) is 3.65. The van der Waals surface area contributed by atoms with Crippen molar-refractivity contribution in [1.82, 2.24) is 0 Å². The van der Waals surface area contributed by atoms with E-state index in [4.69, 9.17) is 15.8 Å². The van der Waals surface area contributed by atoms with Gasteiger partial charge in [0.15, 0.2) is 0 Å². The van der Waals surface area contributed by atoms with Crippen molar-refractivity contribution in [2.45, 2.75) is 5.28 Å². The van der Waals surface area contributed by atoms with Gasteiger partial charge < -0.3 is 5.73 Å². The number of hydrogen-bond donors (Lipinski definition) is 1. The number of carbonyl (C=O) groups excluding carboxylic acids is 1. The van der Waals surface area contributed by atoms with E-state index in [1.807, 2.05) is 0 Å². The lowest BCUT2D eigenvalue weighted by atomic mass is 10.8. The van der Waals surface area contributed by atoms with Crippen LogP contribution < -0.4 is 5.73 Å². The molecule has 0 rings (SSSR count). The molecule has 0 aromatic rings. The van der Waals surface area contributed by atoms with Crippen molar-refractivity contribution >= 4 is 30.3 Å². The van der Waals surface area contributed by atoms with Crippen LogP contribution in [-0.2, 0) is 4.79 Å². The maximum atomic E-state index is 9.77. The van der Waals surface area contributed by atoms with Gasteiger partial charge in [-0.25, -0.2) is 0 Å². The van der Waals surface area contributed by atoms with Crippen molar-refractivity contribution < 1.29 is 4.79 Å². The lowest BCUT2D eigenvalue weighted by Gasteiger charge is -1.76. The van der Waals surface area contributed by atoms with Gasteiger partial charge in [0, 0.05) is 0 Å². The van der Waals surface area contributed by atoms with E-state index in [0.717, 1.165) is 0 Å². The molecule has 0 saturated heterocycles. The number of nitrogens with two attached hydrogens (primary N) is 1. The van der Waals surface area contributed by atoms with Crippen LogP contribution in [0, 0.1) is 0 Å². The lowest BCUT2D eigenvalue weighted by Crippen LogP contribution is -2.10. The maximum absolute atomic E-state index is 9.77. The molecule has 0 atom stereocenters. The molecule has 4 heteroatoms. The molecule has 0 aromatic heterocycles. The third-order valence-corrected chi connectivity index (χ3v) is 1.59.